The predicted octanol–water partition coefficient (Wildman–Crippen LogP) is 3.84. The maximum Gasteiger partial charge on any atom is 0.439 e. The third-order valence-electron chi connectivity index (χ3n) is 4.73. The minimum Gasteiger partial charge on any atom is -0.362 e. The molecule has 0 radical (unpaired) electrons. The maximum absolute atomic E-state index is 13.7. The molecule has 3 rings (SSSR count). The Morgan fingerprint density at radius 3 is 2.67 bits per heavy atom. The fourth-order valence-corrected chi connectivity index (χ4v) is 3.67. The minimum absolute atomic E-state index is 0.00939. The molecule has 130 valence electrons. The lowest BCUT2D eigenvalue weighted by Crippen LogP contribution is -2.61. The Hall–Kier alpha value is -1.60. The van der Waals surface area contributed by atoms with Crippen LogP contribution in [0.2, 0.25) is 5.02 Å². The first-order valence-electron chi connectivity index (χ1n) is 7.64. The number of fused-ring (bicyclic) bond motifs is 1. The molecule has 8 heteroatoms. The summed E-state index contributed by atoms with van der Waals surface area (Å²) in [5.41, 5.74) is -3.24. The second-order valence-corrected chi connectivity index (χ2v) is 6.64. The fourth-order valence-electron chi connectivity index (χ4n) is 3.45. The summed E-state index contributed by atoms with van der Waals surface area (Å²) < 4.78 is 41.2. The van der Waals surface area contributed by atoms with Crippen molar-refractivity contribution in [2.75, 3.05) is 0 Å². The van der Waals surface area contributed by atoms with Gasteiger partial charge in [0.25, 0.3) is 11.6 Å². The SMILES string of the molecule is C[C@@H]1CCC[C@H]2C1=NN(C(=O)c1ccccc1Cl)[C@]2(O)C(F)(F)F. The van der Waals surface area contributed by atoms with Crippen LogP contribution in [0, 0.1) is 11.8 Å². The molecule has 1 N–H and O–H groups in total. The number of nitrogens with zero attached hydrogens (tertiary/aromatic N) is 2. The normalized spacial score (nSPS) is 30.1. The predicted molar refractivity (Wildman–Crippen MR) is 82.6 cm³/mol. The standard InChI is InChI=1S/C16H16ClF3N2O2/c1-9-5-4-7-11-13(9)21-22(15(11,24)16(18,19)20)14(23)10-6-2-3-8-12(10)17/h2-3,6,8-9,11,24H,4-5,7H2,1H3/t9-,11+,15-/m1/s1. The molecule has 0 aromatic heterocycles. The number of rotatable bonds is 1. The molecule has 0 bridgehead atoms. The van der Waals surface area contributed by atoms with E-state index >= 15 is 0 Å². The number of benzene rings is 1. The third kappa shape index (κ3) is 2.41. The van der Waals surface area contributed by atoms with Gasteiger partial charge < -0.3 is 5.11 Å². The smallest absolute Gasteiger partial charge is 0.362 e. The van der Waals surface area contributed by atoms with E-state index in [2.05, 4.69) is 5.10 Å². The van der Waals surface area contributed by atoms with E-state index in [1.165, 1.54) is 18.2 Å². The summed E-state index contributed by atoms with van der Waals surface area (Å²) in [5, 5.41) is 14.6. The Morgan fingerprint density at radius 1 is 1.38 bits per heavy atom. The molecule has 1 aromatic rings. The number of alkyl halides is 3. The van der Waals surface area contributed by atoms with Crippen LogP contribution in [0.25, 0.3) is 0 Å². The largest absolute Gasteiger partial charge is 0.439 e. The van der Waals surface area contributed by atoms with Gasteiger partial charge in [-0.2, -0.15) is 23.3 Å². The Labute approximate surface area is 141 Å². The molecule has 0 spiro atoms. The Morgan fingerprint density at radius 2 is 2.04 bits per heavy atom. The number of aliphatic hydroxyl groups is 1. The van der Waals surface area contributed by atoms with Crippen LogP contribution in [0.15, 0.2) is 29.4 Å². The zero-order valence-electron chi connectivity index (χ0n) is 12.8. The molecule has 1 aliphatic carbocycles. The van der Waals surface area contributed by atoms with E-state index in [-0.39, 0.29) is 33.6 Å². The van der Waals surface area contributed by atoms with Crippen molar-refractivity contribution >= 4 is 23.2 Å². The highest BCUT2D eigenvalue weighted by Crippen LogP contribution is 2.49. The molecule has 0 unspecified atom stereocenters. The van der Waals surface area contributed by atoms with Crippen molar-refractivity contribution in [1.82, 2.24) is 5.01 Å². The van der Waals surface area contributed by atoms with Crippen molar-refractivity contribution in [2.45, 2.75) is 38.1 Å². The van der Waals surface area contributed by atoms with Crippen molar-refractivity contribution in [2.24, 2.45) is 16.9 Å². The van der Waals surface area contributed by atoms with E-state index < -0.39 is 23.7 Å². The first-order valence-corrected chi connectivity index (χ1v) is 8.02. The van der Waals surface area contributed by atoms with E-state index in [1.807, 2.05) is 0 Å². The summed E-state index contributed by atoms with van der Waals surface area (Å²) in [6.45, 7) is 1.76. The number of carbonyl (C=O) groups excluding carboxylic acids is 1. The van der Waals surface area contributed by atoms with Crippen molar-refractivity contribution in [3.63, 3.8) is 0 Å². The van der Waals surface area contributed by atoms with Crippen molar-refractivity contribution < 1.29 is 23.1 Å². The highest BCUT2D eigenvalue weighted by atomic mass is 35.5. The summed E-state index contributed by atoms with van der Waals surface area (Å²) in [5.74, 6) is -2.52. The molecule has 1 aromatic carbocycles. The molecule has 1 fully saturated rings. The zero-order chi connectivity index (χ0) is 17.7. The van der Waals surface area contributed by atoms with Crippen LogP contribution in [0.1, 0.15) is 36.5 Å². The van der Waals surface area contributed by atoms with Gasteiger partial charge in [0.1, 0.15) is 0 Å². The first-order chi connectivity index (χ1) is 11.2. The third-order valence-corrected chi connectivity index (χ3v) is 5.06. The lowest BCUT2D eigenvalue weighted by atomic mass is 9.75. The van der Waals surface area contributed by atoms with Gasteiger partial charge in [-0.1, -0.05) is 37.1 Å². The van der Waals surface area contributed by atoms with Crippen LogP contribution in [0.4, 0.5) is 13.2 Å². The molecule has 1 saturated carbocycles. The molecule has 3 atom stereocenters. The van der Waals surface area contributed by atoms with Crippen molar-refractivity contribution in [3.05, 3.63) is 34.9 Å². The first kappa shape index (κ1) is 17.2. The zero-order valence-corrected chi connectivity index (χ0v) is 13.6. The number of amides is 1. The number of hydrogen-bond acceptors (Lipinski definition) is 3. The quantitative estimate of drug-likeness (QED) is 0.827. The number of hydrazone groups is 1. The maximum atomic E-state index is 13.7. The number of hydrogen-bond donors (Lipinski definition) is 1. The summed E-state index contributed by atoms with van der Waals surface area (Å²) in [7, 11) is 0. The van der Waals surface area contributed by atoms with Crippen molar-refractivity contribution in [3.8, 4) is 0 Å². The molecule has 0 saturated heterocycles. The number of carbonyl (C=O) groups is 1. The highest BCUT2D eigenvalue weighted by molar-refractivity contribution is 6.33. The fraction of sp³-hybridized carbons (Fsp3) is 0.500. The van der Waals surface area contributed by atoms with Gasteiger partial charge in [-0.05, 0) is 30.9 Å². The lowest BCUT2D eigenvalue weighted by molar-refractivity contribution is -0.312. The van der Waals surface area contributed by atoms with E-state index in [4.69, 9.17) is 11.6 Å². The summed E-state index contributed by atoms with van der Waals surface area (Å²) in [4.78, 5) is 12.7. The van der Waals surface area contributed by atoms with Crippen LogP contribution in [-0.2, 0) is 0 Å². The molecule has 1 aliphatic heterocycles. The number of halogens is 4. The van der Waals surface area contributed by atoms with Gasteiger partial charge in [-0.15, -0.1) is 0 Å². The van der Waals surface area contributed by atoms with E-state index in [0.717, 1.165) is 0 Å². The molecule has 2 aliphatic rings. The Kier molecular flexibility index (Phi) is 4.12. The topological polar surface area (TPSA) is 52.9 Å². The van der Waals surface area contributed by atoms with Crippen LogP contribution in [0.5, 0.6) is 0 Å². The Balaban J connectivity index is 2.10. The van der Waals surface area contributed by atoms with Crippen molar-refractivity contribution in [1.29, 1.82) is 0 Å². The summed E-state index contributed by atoms with van der Waals surface area (Å²) >= 11 is 5.93. The van der Waals surface area contributed by atoms with Gasteiger partial charge in [-0.3, -0.25) is 4.79 Å². The van der Waals surface area contributed by atoms with Crippen LogP contribution >= 0.6 is 11.6 Å². The average molecular weight is 361 g/mol. The van der Waals surface area contributed by atoms with Crippen LogP contribution in [-0.4, -0.2) is 33.6 Å². The van der Waals surface area contributed by atoms with Gasteiger partial charge in [0, 0.05) is 5.71 Å². The van der Waals surface area contributed by atoms with Crippen LogP contribution < -0.4 is 0 Å². The van der Waals surface area contributed by atoms with E-state index in [9.17, 15) is 23.1 Å². The molecule has 1 amide bonds. The Bertz CT molecular complexity index is 707. The summed E-state index contributed by atoms with van der Waals surface area (Å²) in [6.07, 6.45) is -3.68. The lowest BCUT2D eigenvalue weighted by Gasteiger charge is -2.39. The van der Waals surface area contributed by atoms with Gasteiger partial charge >= 0.3 is 6.18 Å². The highest BCUT2D eigenvalue weighted by Gasteiger charge is 2.69. The van der Waals surface area contributed by atoms with Gasteiger partial charge in [-0.25, -0.2) is 0 Å². The molecule has 24 heavy (non-hydrogen) atoms. The van der Waals surface area contributed by atoms with E-state index in [0.29, 0.717) is 12.8 Å². The van der Waals surface area contributed by atoms with E-state index in [1.54, 1.807) is 13.0 Å². The average Bonchev–Trinajstić information content (AvgIpc) is 2.83. The van der Waals surface area contributed by atoms with Gasteiger partial charge in [0.2, 0.25) is 0 Å². The van der Waals surface area contributed by atoms with Crippen LogP contribution in [0.3, 0.4) is 0 Å². The minimum atomic E-state index is -5.03. The molecular weight excluding hydrogens is 345 g/mol. The van der Waals surface area contributed by atoms with Gasteiger partial charge in [0.15, 0.2) is 0 Å². The molecule has 4 nitrogen and oxygen atoms in total. The molecule has 1 heterocycles. The summed E-state index contributed by atoms with van der Waals surface area (Å²) in [6, 6.07) is 5.77. The molecular formula is C16H16ClF3N2O2. The second-order valence-electron chi connectivity index (χ2n) is 6.23. The monoisotopic (exact) mass is 360 g/mol. The second kappa shape index (κ2) is 5.74. The van der Waals surface area contributed by atoms with Gasteiger partial charge in [0.05, 0.1) is 16.5 Å².